The molecule has 15 heavy (non-hydrogen) atoms. The molecule has 0 saturated carbocycles. The van der Waals surface area contributed by atoms with E-state index in [9.17, 15) is 8.42 Å². The summed E-state index contributed by atoms with van der Waals surface area (Å²) in [7, 11) is -2.89. The van der Waals surface area contributed by atoms with Crippen LogP contribution in [0.5, 0.6) is 0 Å². The Labute approximate surface area is 95.8 Å². The van der Waals surface area contributed by atoms with Crippen molar-refractivity contribution in [1.82, 2.24) is 5.32 Å². The van der Waals surface area contributed by atoms with E-state index in [2.05, 4.69) is 24.2 Å². The van der Waals surface area contributed by atoms with E-state index in [4.69, 9.17) is 0 Å². The number of sulfone groups is 1. The maximum Gasteiger partial charge on any atom is 0.156 e. The maximum atomic E-state index is 10.9. The molecule has 1 atom stereocenters. The molecule has 4 nitrogen and oxygen atoms in total. The second-order valence-electron chi connectivity index (χ2n) is 4.12. The topological polar surface area (TPSA) is 58.5 Å². The summed E-state index contributed by atoms with van der Waals surface area (Å²) in [5.41, 5.74) is 0. The highest BCUT2D eigenvalue weighted by Crippen LogP contribution is 2.18. The molecule has 1 N–H and O–H groups in total. The quantitative estimate of drug-likeness (QED) is 0.800. The summed E-state index contributed by atoms with van der Waals surface area (Å²) in [5.74, 6) is 1.74. The van der Waals surface area contributed by atoms with Crippen LogP contribution in [0.15, 0.2) is 4.99 Å². The smallest absolute Gasteiger partial charge is 0.156 e. The third-order valence-electron chi connectivity index (χ3n) is 2.23. The lowest BCUT2D eigenvalue weighted by Crippen LogP contribution is -2.31. The van der Waals surface area contributed by atoms with Crippen LogP contribution in [0, 0.1) is 5.92 Å². The van der Waals surface area contributed by atoms with Gasteiger partial charge in [-0.15, -0.1) is 0 Å². The molecule has 0 aliphatic carbocycles. The highest BCUT2D eigenvalue weighted by atomic mass is 32.2. The van der Waals surface area contributed by atoms with Crippen LogP contribution in [0.3, 0.4) is 0 Å². The van der Waals surface area contributed by atoms with Crippen molar-refractivity contribution in [3.05, 3.63) is 0 Å². The van der Waals surface area contributed by atoms with Gasteiger partial charge in [0.2, 0.25) is 0 Å². The molecule has 0 aromatic carbocycles. The third-order valence-corrected chi connectivity index (χ3v) is 4.20. The van der Waals surface area contributed by atoms with Crippen LogP contribution in [-0.4, -0.2) is 43.9 Å². The van der Waals surface area contributed by atoms with Crippen molar-refractivity contribution in [2.24, 2.45) is 10.9 Å². The van der Waals surface area contributed by atoms with Gasteiger partial charge in [-0.3, -0.25) is 4.99 Å². The number of amidine groups is 1. The fourth-order valence-corrected chi connectivity index (χ4v) is 2.82. The molecule has 88 valence electrons. The van der Waals surface area contributed by atoms with E-state index < -0.39 is 9.84 Å². The monoisotopic (exact) mass is 250 g/mol. The summed E-state index contributed by atoms with van der Waals surface area (Å²) >= 11 is 1.67. The van der Waals surface area contributed by atoms with Crippen LogP contribution in [0.1, 0.15) is 13.8 Å². The summed E-state index contributed by atoms with van der Waals surface area (Å²) < 4.78 is 21.8. The third kappa shape index (κ3) is 4.88. The molecule has 0 aromatic rings. The fourth-order valence-electron chi connectivity index (χ4n) is 1.17. The zero-order valence-corrected chi connectivity index (χ0v) is 11.0. The predicted molar refractivity (Wildman–Crippen MR) is 66.2 cm³/mol. The van der Waals surface area contributed by atoms with E-state index in [0.29, 0.717) is 18.5 Å². The molecule has 1 aliphatic rings. The van der Waals surface area contributed by atoms with Gasteiger partial charge in [0.05, 0.1) is 12.3 Å². The fraction of sp³-hybridized carbons (Fsp3) is 0.889. The Bertz CT molecular complexity index is 336. The van der Waals surface area contributed by atoms with Crippen LogP contribution in [0.25, 0.3) is 0 Å². The average molecular weight is 250 g/mol. The number of thioether (sulfide) groups is 1. The summed E-state index contributed by atoms with van der Waals surface area (Å²) in [6.45, 7) is 4.69. The molecule has 6 heteroatoms. The van der Waals surface area contributed by atoms with E-state index >= 15 is 0 Å². The van der Waals surface area contributed by atoms with E-state index in [1.54, 1.807) is 11.8 Å². The highest BCUT2D eigenvalue weighted by Gasteiger charge is 2.22. The van der Waals surface area contributed by atoms with E-state index in [0.717, 1.165) is 10.9 Å². The number of rotatable bonds is 4. The van der Waals surface area contributed by atoms with Crippen molar-refractivity contribution in [3.8, 4) is 0 Å². The maximum absolute atomic E-state index is 10.9. The van der Waals surface area contributed by atoms with Crippen LogP contribution in [0.4, 0.5) is 0 Å². The molecule has 0 bridgehead atoms. The van der Waals surface area contributed by atoms with Gasteiger partial charge in [-0.25, -0.2) is 8.42 Å². The Hall–Kier alpha value is -0.230. The Morgan fingerprint density at radius 3 is 2.73 bits per heavy atom. The molecule has 0 radical (unpaired) electrons. The van der Waals surface area contributed by atoms with Crippen molar-refractivity contribution in [3.63, 3.8) is 0 Å². The van der Waals surface area contributed by atoms with Gasteiger partial charge in [0.15, 0.2) is 5.17 Å². The Kier molecular flexibility index (Phi) is 4.45. The Morgan fingerprint density at radius 1 is 1.60 bits per heavy atom. The van der Waals surface area contributed by atoms with Gasteiger partial charge in [0, 0.05) is 18.1 Å². The van der Waals surface area contributed by atoms with Crippen molar-refractivity contribution in [2.45, 2.75) is 19.9 Å². The second kappa shape index (κ2) is 5.21. The first kappa shape index (κ1) is 12.8. The van der Waals surface area contributed by atoms with E-state index in [1.165, 1.54) is 6.26 Å². The summed E-state index contributed by atoms with van der Waals surface area (Å²) in [6.07, 6.45) is 1.24. The Morgan fingerprint density at radius 2 is 2.27 bits per heavy atom. The van der Waals surface area contributed by atoms with Crippen molar-refractivity contribution >= 4 is 26.8 Å². The molecule has 1 heterocycles. The minimum Gasteiger partial charge on any atom is -0.361 e. The SMILES string of the molecule is CC(C)C1CSC(=NCCS(C)(=O)=O)N1. The first-order chi connectivity index (χ1) is 6.88. The molecular weight excluding hydrogens is 232 g/mol. The lowest BCUT2D eigenvalue weighted by Gasteiger charge is -2.12. The second-order valence-corrected chi connectivity index (χ2v) is 7.39. The number of nitrogens with zero attached hydrogens (tertiary/aromatic N) is 1. The number of hydrogen-bond donors (Lipinski definition) is 1. The van der Waals surface area contributed by atoms with E-state index in [1.807, 2.05) is 0 Å². The summed E-state index contributed by atoms with van der Waals surface area (Å²) in [5, 5.41) is 4.18. The molecule has 1 saturated heterocycles. The van der Waals surface area contributed by atoms with Crippen molar-refractivity contribution in [2.75, 3.05) is 24.3 Å². The molecule has 1 fully saturated rings. The van der Waals surface area contributed by atoms with Gasteiger partial charge in [-0.05, 0) is 5.92 Å². The van der Waals surface area contributed by atoms with Gasteiger partial charge in [-0.2, -0.15) is 0 Å². The lowest BCUT2D eigenvalue weighted by atomic mass is 10.1. The predicted octanol–water partition coefficient (Wildman–Crippen LogP) is 0.748. The number of aliphatic imine (C=N–C) groups is 1. The normalized spacial score (nSPS) is 24.8. The zero-order chi connectivity index (χ0) is 11.5. The summed E-state index contributed by atoms with van der Waals surface area (Å²) in [4.78, 5) is 4.23. The summed E-state index contributed by atoms with van der Waals surface area (Å²) in [6, 6.07) is 0.465. The van der Waals surface area contributed by atoms with Crippen LogP contribution >= 0.6 is 11.8 Å². The molecule has 0 amide bonds. The van der Waals surface area contributed by atoms with Gasteiger partial charge >= 0.3 is 0 Å². The van der Waals surface area contributed by atoms with Crippen molar-refractivity contribution in [1.29, 1.82) is 0 Å². The van der Waals surface area contributed by atoms with Crippen LogP contribution < -0.4 is 5.32 Å². The van der Waals surface area contributed by atoms with Crippen LogP contribution in [0.2, 0.25) is 0 Å². The zero-order valence-electron chi connectivity index (χ0n) is 9.36. The molecule has 1 rings (SSSR count). The first-order valence-corrected chi connectivity index (χ1v) is 8.04. The van der Waals surface area contributed by atoms with Crippen LogP contribution in [-0.2, 0) is 9.84 Å². The molecule has 1 unspecified atom stereocenters. The minimum atomic E-state index is -2.89. The molecule has 1 aliphatic heterocycles. The van der Waals surface area contributed by atoms with E-state index in [-0.39, 0.29) is 5.75 Å². The highest BCUT2D eigenvalue weighted by molar-refractivity contribution is 8.14. The van der Waals surface area contributed by atoms with Gasteiger partial charge in [0.25, 0.3) is 0 Å². The molecule has 0 aromatic heterocycles. The van der Waals surface area contributed by atoms with Gasteiger partial charge in [-0.1, -0.05) is 25.6 Å². The minimum absolute atomic E-state index is 0.130. The first-order valence-electron chi connectivity index (χ1n) is 5.00. The van der Waals surface area contributed by atoms with Gasteiger partial charge < -0.3 is 5.32 Å². The molecule has 0 spiro atoms. The number of nitrogens with one attached hydrogen (secondary N) is 1. The van der Waals surface area contributed by atoms with Crippen molar-refractivity contribution < 1.29 is 8.42 Å². The lowest BCUT2D eigenvalue weighted by molar-refractivity contribution is 0.503. The standard InChI is InChI=1S/C9H18N2O2S2/c1-7(2)8-6-14-9(11-8)10-4-5-15(3,12)13/h7-8H,4-6H2,1-3H3,(H,10,11). The van der Waals surface area contributed by atoms with Gasteiger partial charge in [0.1, 0.15) is 9.84 Å². The largest absolute Gasteiger partial charge is 0.361 e. The molecular formula is C9H18N2O2S2. The Balaban J connectivity index is 2.37. The average Bonchev–Trinajstić information content (AvgIpc) is 2.50. The number of hydrogen-bond acceptors (Lipinski definition) is 4.